The van der Waals surface area contributed by atoms with Gasteiger partial charge in [-0.2, -0.15) is 0 Å². The van der Waals surface area contributed by atoms with E-state index in [1.54, 1.807) is 0 Å². The van der Waals surface area contributed by atoms with Gasteiger partial charge in [-0.25, -0.2) is 0 Å². The van der Waals surface area contributed by atoms with Crippen LogP contribution >= 0.6 is 0 Å². The summed E-state index contributed by atoms with van der Waals surface area (Å²) in [5.41, 5.74) is 1.61. The van der Waals surface area contributed by atoms with Crippen LogP contribution in [0.3, 0.4) is 0 Å². The van der Waals surface area contributed by atoms with Crippen molar-refractivity contribution in [1.82, 2.24) is 14.8 Å². The Bertz CT molecular complexity index is 595. The molecule has 4 heterocycles. The molecule has 1 aromatic heterocycles. The Kier molecular flexibility index (Phi) is 6.66. The van der Waals surface area contributed by atoms with Crippen molar-refractivity contribution in [1.29, 1.82) is 0 Å². The highest BCUT2D eigenvalue weighted by Crippen LogP contribution is 2.45. The Balaban J connectivity index is 1.36. The highest BCUT2D eigenvalue weighted by Gasteiger charge is 2.48. The van der Waals surface area contributed by atoms with Crippen LogP contribution in [0.2, 0.25) is 0 Å². The molecule has 0 radical (unpaired) electrons. The topological polar surface area (TPSA) is 37.8 Å². The molecule has 0 aromatic carbocycles. The lowest BCUT2D eigenvalue weighted by molar-refractivity contribution is -0.0268. The molecule has 5 heteroatoms. The number of aromatic nitrogens is 1. The molecular weight excluding hydrogens is 350 g/mol. The van der Waals surface area contributed by atoms with Gasteiger partial charge in [0.25, 0.3) is 0 Å². The Morgan fingerprint density at radius 2 is 1.89 bits per heavy atom. The third kappa shape index (κ3) is 4.59. The zero-order chi connectivity index (χ0) is 19.4. The average Bonchev–Trinajstić information content (AvgIpc) is 3.07. The molecule has 5 nitrogen and oxygen atoms in total. The zero-order valence-corrected chi connectivity index (χ0v) is 17.7. The molecule has 4 rings (SSSR count). The fraction of sp³-hybridized carbons (Fsp3) is 0.783. The molecule has 3 aliphatic rings. The third-order valence-electron chi connectivity index (χ3n) is 7.41. The monoisotopic (exact) mass is 387 g/mol. The number of piperidine rings is 1. The first-order valence-electron chi connectivity index (χ1n) is 11.2. The number of ether oxygens (including phenoxy) is 2. The maximum atomic E-state index is 6.21. The number of hydrogen-bond donors (Lipinski definition) is 0. The SMILES string of the molecule is CC(C)N1CCC(N2CC(COCc3ccncc3)C3(CCOCC3)C2)CC1. The second-order valence-electron chi connectivity index (χ2n) is 9.33. The minimum atomic E-state index is 0.395. The van der Waals surface area contributed by atoms with Crippen molar-refractivity contribution >= 4 is 0 Å². The summed E-state index contributed by atoms with van der Waals surface area (Å²) in [6.45, 7) is 13.0. The summed E-state index contributed by atoms with van der Waals surface area (Å²) >= 11 is 0. The molecule has 1 spiro atoms. The van der Waals surface area contributed by atoms with Gasteiger partial charge in [0.2, 0.25) is 0 Å². The number of nitrogens with zero attached hydrogens (tertiary/aromatic N) is 3. The summed E-state index contributed by atoms with van der Waals surface area (Å²) in [6, 6.07) is 5.53. The van der Waals surface area contributed by atoms with E-state index in [0.29, 0.717) is 24.0 Å². The van der Waals surface area contributed by atoms with E-state index in [-0.39, 0.29) is 0 Å². The van der Waals surface area contributed by atoms with Gasteiger partial charge in [0.1, 0.15) is 0 Å². The van der Waals surface area contributed by atoms with Gasteiger partial charge < -0.3 is 14.4 Å². The molecule has 0 N–H and O–H groups in total. The summed E-state index contributed by atoms with van der Waals surface area (Å²) in [6.07, 6.45) is 8.71. The third-order valence-corrected chi connectivity index (χ3v) is 7.41. The van der Waals surface area contributed by atoms with Gasteiger partial charge in [-0.1, -0.05) is 0 Å². The number of likely N-dealkylation sites (tertiary alicyclic amines) is 2. The number of hydrogen-bond acceptors (Lipinski definition) is 5. The smallest absolute Gasteiger partial charge is 0.0718 e. The van der Waals surface area contributed by atoms with Gasteiger partial charge in [0, 0.05) is 56.7 Å². The molecule has 28 heavy (non-hydrogen) atoms. The first-order chi connectivity index (χ1) is 13.7. The minimum Gasteiger partial charge on any atom is -0.381 e. The van der Waals surface area contributed by atoms with Crippen molar-refractivity contribution in [2.75, 3.05) is 46.0 Å². The van der Waals surface area contributed by atoms with E-state index in [1.807, 2.05) is 24.5 Å². The normalized spacial score (nSPS) is 27.0. The Hall–Kier alpha value is -1.01. The lowest BCUT2D eigenvalue weighted by Gasteiger charge is -2.40. The predicted molar refractivity (Wildman–Crippen MR) is 111 cm³/mol. The summed E-state index contributed by atoms with van der Waals surface area (Å²) in [5, 5.41) is 0. The predicted octanol–water partition coefficient (Wildman–Crippen LogP) is 3.20. The van der Waals surface area contributed by atoms with Crippen molar-refractivity contribution in [3.8, 4) is 0 Å². The lowest BCUT2D eigenvalue weighted by Crippen LogP contribution is -2.47. The zero-order valence-electron chi connectivity index (χ0n) is 17.7. The Morgan fingerprint density at radius 3 is 2.57 bits per heavy atom. The lowest BCUT2D eigenvalue weighted by atomic mass is 9.72. The maximum Gasteiger partial charge on any atom is 0.0718 e. The van der Waals surface area contributed by atoms with Crippen LogP contribution < -0.4 is 0 Å². The van der Waals surface area contributed by atoms with Crippen LogP contribution in [0.4, 0.5) is 0 Å². The molecule has 3 fully saturated rings. The molecule has 3 saturated heterocycles. The number of pyridine rings is 1. The van der Waals surface area contributed by atoms with Crippen molar-refractivity contribution < 1.29 is 9.47 Å². The summed E-state index contributed by atoms with van der Waals surface area (Å²) < 4.78 is 11.9. The molecular formula is C23H37N3O2. The van der Waals surface area contributed by atoms with E-state index in [2.05, 4.69) is 28.6 Å². The summed E-state index contributed by atoms with van der Waals surface area (Å²) in [5.74, 6) is 0.626. The van der Waals surface area contributed by atoms with E-state index in [4.69, 9.17) is 9.47 Å². The van der Waals surface area contributed by atoms with E-state index < -0.39 is 0 Å². The molecule has 3 aliphatic heterocycles. The standard InChI is InChI=1S/C23H37N3O2/c1-19(2)25-11-5-22(6-12-25)26-15-21(23(18-26)7-13-27-14-8-23)17-28-16-20-3-9-24-10-4-20/h3-4,9-10,19,21-22H,5-8,11-18H2,1-2H3. The van der Waals surface area contributed by atoms with E-state index in [1.165, 1.54) is 57.4 Å². The van der Waals surface area contributed by atoms with E-state index >= 15 is 0 Å². The van der Waals surface area contributed by atoms with Crippen LogP contribution in [-0.2, 0) is 16.1 Å². The Labute approximate surface area is 170 Å². The van der Waals surface area contributed by atoms with Crippen molar-refractivity contribution in [3.05, 3.63) is 30.1 Å². The first kappa shape index (κ1) is 20.3. The quantitative estimate of drug-likeness (QED) is 0.749. The highest BCUT2D eigenvalue weighted by molar-refractivity contribution is 5.08. The number of rotatable bonds is 6. The van der Waals surface area contributed by atoms with E-state index in [9.17, 15) is 0 Å². The van der Waals surface area contributed by atoms with Gasteiger partial charge >= 0.3 is 0 Å². The largest absolute Gasteiger partial charge is 0.381 e. The van der Waals surface area contributed by atoms with Crippen LogP contribution in [0, 0.1) is 11.3 Å². The van der Waals surface area contributed by atoms with Crippen LogP contribution in [0.25, 0.3) is 0 Å². The fourth-order valence-electron chi connectivity index (χ4n) is 5.49. The molecule has 1 aromatic rings. The van der Waals surface area contributed by atoms with Crippen LogP contribution in [0.1, 0.15) is 45.1 Å². The molecule has 156 valence electrons. The molecule has 0 saturated carbocycles. The maximum absolute atomic E-state index is 6.21. The second-order valence-corrected chi connectivity index (χ2v) is 9.33. The van der Waals surface area contributed by atoms with Gasteiger partial charge in [-0.05, 0) is 75.7 Å². The van der Waals surface area contributed by atoms with Crippen LogP contribution in [-0.4, -0.2) is 72.9 Å². The van der Waals surface area contributed by atoms with Crippen LogP contribution in [0.5, 0.6) is 0 Å². The molecule has 1 atom stereocenters. The van der Waals surface area contributed by atoms with Gasteiger partial charge in [0.05, 0.1) is 13.2 Å². The average molecular weight is 388 g/mol. The first-order valence-corrected chi connectivity index (χ1v) is 11.2. The van der Waals surface area contributed by atoms with Crippen molar-refractivity contribution in [2.45, 2.75) is 58.2 Å². The molecule has 1 unspecified atom stereocenters. The molecule has 0 aliphatic carbocycles. The minimum absolute atomic E-state index is 0.395. The molecule has 0 bridgehead atoms. The van der Waals surface area contributed by atoms with Gasteiger partial charge in [0.15, 0.2) is 0 Å². The summed E-state index contributed by atoms with van der Waals surface area (Å²) in [7, 11) is 0. The van der Waals surface area contributed by atoms with Crippen molar-refractivity contribution in [2.24, 2.45) is 11.3 Å². The van der Waals surface area contributed by atoms with Crippen LogP contribution in [0.15, 0.2) is 24.5 Å². The van der Waals surface area contributed by atoms with Gasteiger partial charge in [-0.3, -0.25) is 9.88 Å². The fourth-order valence-corrected chi connectivity index (χ4v) is 5.49. The highest BCUT2D eigenvalue weighted by atomic mass is 16.5. The summed E-state index contributed by atoms with van der Waals surface area (Å²) in [4.78, 5) is 9.54. The van der Waals surface area contributed by atoms with Crippen molar-refractivity contribution in [3.63, 3.8) is 0 Å². The van der Waals surface area contributed by atoms with E-state index in [0.717, 1.165) is 25.9 Å². The Morgan fingerprint density at radius 1 is 1.18 bits per heavy atom. The molecule has 0 amide bonds. The van der Waals surface area contributed by atoms with Gasteiger partial charge in [-0.15, -0.1) is 0 Å². The second kappa shape index (κ2) is 9.21.